The number of carbonyl (C=O) groups is 2. The summed E-state index contributed by atoms with van der Waals surface area (Å²) in [6, 6.07) is 5.06. The van der Waals surface area contributed by atoms with E-state index in [0.29, 0.717) is 29.4 Å². The van der Waals surface area contributed by atoms with Gasteiger partial charge in [-0.15, -0.1) is 0 Å². The molecule has 1 rings (SSSR count). The molecule has 0 aromatic heterocycles. The molecule has 0 aliphatic heterocycles. The van der Waals surface area contributed by atoms with Gasteiger partial charge in [0.05, 0.1) is 7.11 Å². The zero-order valence-corrected chi connectivity index (χ0v) is 14.5. The Labute approximate surface area is 137 Å². The molecule has 5 nitrogen and oxygen atoms in total. The number of ketones is 1. The first-order chi connectivity index (χ1) is 10.8. The third-order valence-corrected chi connectivity index (χ3v) is 3.45. The lowest BCUT2D eigenvalue weighted by Gasteiger charge is -2.15. The van der Waals surface area contributed by atoms with Crippen molar-refractivity contribution < 1.29 is 23.8 Å². The van der Waals surface area contributed by atoms with E-state index in [2.05, 4.69) is 13.8 Å². The van der Waals surface area contributed by atoms with Crippen LogP contribution in [0, 0.1) is 5.92 Å². The standard InChI is InChI=1S/C18H26O5/c1-12(2)8-9-22-14(4)18(20)23-11-16-10-15(13(3)19)6-7-17(16)21-5/h6-7,10,12,14H,8-9,11H2,1-5H3. The molecular formula is C18H26O5. The third-order valence-electron chi connectivity index (χ3n) is 3.45. The van der Waals surface area contributed by atoms with E-state index in [9.17, 15) is 9.59 Å². The molecule has 0 aliphatic rings. The van der Waals surface area contributed by atoms with Crippen molar-refractivity contribution in [2.24, 2.45) is 5.92 Å². The zero-order chi connectivity index (χ0) is 17.4. The summed E-state index contributed by atoms with van der Waals surface area (Å²) in [4.78, 5) is 23.4. The highest BCUT2D eigenvalue weighted by Gasteiger charge is 2.16. The Morgan fingerprint density at radius 2 is 1.87 bits per heavy atom. The molecule has 1 aromatic rings. The van der Waals surface area contributed by atoms with Gasteiger partial charge in [0.1, 0.15) is 12.4 Å². The summed E-state index contributed by atoms with van der Waals surface area (Å²) in [5, 5.41) is 0. The molecule has 5 heteroatoms. The fourth-order valence-corrected chi connectivity index (χ4v) is 1.93. The predicted octanol–water partition coefficient (Wildman–Crippen LogP) is 3.39. The summed E-state index contributed by atoms with van der Waals surface area (Å²) in [6.45, 7) is 7.92. The average molecular weight is 322 g/mol. The molecule has 23 heavy (non-hydrogen) atoms. The summed E-state index contributed by atoms with van der Waals surface area (Å²) in [7, 11) is 1.53. The third kappa shape index (κ3) is 6.40. The first-order valence-corrected chi connectivity index (χ1v) is 7.81. The molecule has 0 saturated heterocycles. The molecule has 128 valence electrons. The van der Waals surface area contributed by atoms with E-state index in [4.69, 9.17) is 14.2 Å². The Bertz CT molecular complexity index is 536. The van der Waals surface area contributed by atoms with Crippen LogP contribution in [0.1, 0.15) is 50.0 Å². The Morgan fingerprint density at radius 3 is 2.43 bits per heavy atom. The van der Waals surface area contributed by atoms with Crippen LogP contribution in [-0.4, -0.2) is 31.6 Å². The van der Waals surface area contributed by atoms with Crippen LogP contribution in [0.15, 0.2) is 18.2 Å². The zero-order valence-electron chi connectivity index (χ0n) is 14.5. The maximum atomic E-state index is 12.0. The molecule has 0 heterocycles. The van der Waals surface area contributed by atoms with Gasteiger partial charge in [0, 0.05) is 17.7 Å². The van der Waals surface area contributed by atoms with E-state index in [1.54, 1.807) is 25.1 Å². The van der Waals surface area contributed by atoms with Crippen molar-refractivity contribution in [1.29, 1.82) is 0 Å². The predicted molar refractivity (Wildman–Crippen MR) is 87.7 cm³/mol. The summed E-state index contributed by atoms with van der Waals surface area (Å²) >= 11 is 0. The minimum absolute atomic E-state index is 0.0427. The Balaban J connectivity index is 2.60. The SMILES string of the molecule is COc1ccc(C(C)=O)cc1COC(=O)C(C)OCCC(C)C. The fourth-order valence-electron chi connectivity index (χ4n) is 1.93. The molecule has 0 saturated carbocycles. The van der Waals surface area contributed by atoms with Crippen LogP contribution in [0.5, 0.6) is 5.75 Å². The van der Waals surface area contributed by atoms with Gasteiger partial charge >= 0.3 is 5.97 Å². The maximum absolute atomic E-state index is 12.0. The molecule has 1 unspecified atom stereocenters. The number of rotatable bonds is 9. The van der Waals surface area contributed by atoms with Crippen LogP contribution in [0.25, 0.3) is 0 Å². The normalized spacial score (nSPS) is 12.1. The minimum atomic E-state index is -0.615. The van der Waals surface area contributed by atoms with Gasteiger partial charge in [-0.3, -0.25) is 4.79 Å². The van der Waals surface area contributed by atoms with Crippen molar-refractivity contribution in [2.75, 3.05) is 13.7 Å². The van der Waals surface area contributed by atoms with Crippen molar-refractivity contribution >= 4 is 11.8 Å². The Hall–Kier alpha value is -1.88. The number of esters is 1. The highest BCUT2D eigenvalue weighted by atomic mass is 16.6. The first-order valence-electron chi connectivity index (χ1n) is 7.81. The number of Topliss-reactive ketones (excluding diaryl/α,β-unsaturated/α-hetero) is 1. The number of methoxy groups -OCH3 is 1. The van der Waals surface area contributed by atoms with Crippen LogP contribution < -0.4 is 4.74 Å². The van der Waals surface area contributed by atoms with Crippen molar-refractivity contribution in [3.05, 3.63) is 29.3 Å². The number of benzene rings is 1. The quantitative estimate of drug-likeness (QED) is 0.515. The van der Waals surface area contributed by atoms with E-state index in [1.807, 2.05) is 0 Å². The fraction of sp³-hybridized carbons (Fsp3) is 0.556. The van der Waals surface area contributed by atoms with Gasteiger partial charge in [-0.1, -0.05) is 13.8 Å². The summed E-state index contributed by atoms with van der Waals surface area (Å²) in [6.07, 6.45) is 0.280. The van der Waals surface area contributed by atoms with Crippen LogP contribution in [0.4, 0.5) is 0 Å². The van der Waals surface area contributed by atoms with Crippen LogP contribution in [-0.2, 0) is 20.9 Å². The molecule has 0 N–H and O–H groups in total. The number of hydrogen-bond acceptors (Lipinski definition) is 5. The van der Waals surface area contributed by atoms with Gasteiger partial charge in [0.15, 0.2) is 11.9 Å². The van der Waals surface area contributed by atoms with Crippen LogP contribution >= 0.6 is 0 Å². The van der Waals surface area contributed by atoms with E-state index >= 15 is 0 Å². The molecule has 0 bridgehead atoms. The van der Waals surface area contributed by atoms with Crippen LogP contribution in [0.3, 0.4) is 0 Å². The smallest absolute Gasteiger partial charge is 0.335 e. The van der Waals surface area contributed by atoms with Crippen molar-refractivity contribution in [2.45, 2.75) is 46.8 Å². The van der Waals surface area contributed by atoms with Gasteiger partial charge < -0.3 is 14.2 Å². The summed E-state index contributed by atoms with van der Waals surface area (Å²) in [5.41, 5.74) is 1.21. The Morgan fingerprint density at radius 1 is 1.17 bits per heavy atom. The number of ether oxygens (including phenoxy) is 3. The van der Waals surface area contributed by atoms with Crippen LogP contribution in [0.2, 0.25) is 0 Å². The van der Waals surface area contributed by atoms with E-state index in [-0.39, 0.29) is 12.4 Å². The minimum Gasteiger partial charge on any atom is -0.496 e. The monoisotopic (exact) mass is 322 g/mol. The topological polar surface area (TPSA) is 61.8 Å². The molecule has 0 fully saturated rings. The van der Waals surface area contributed by atoms with Crippen molar-refractivity contribution in [3.63, 3.8) is 0 Å². The second kappa shape index (κ2) is 9.30. The molecular weight excluding hydrogens is 296 g/mol. The van der Waals surface area contributed by atoms with Crippen molar-refractivity contribution in [3.8, 4) is 5.75 Å². The lowest BCUT2D eigenvalue weighted by molar-refractivity contribution is -0.157. The Kier molecular flexibility index (Phi) is 7.75. The molecule has 1 atom stereocenters. The highest BCUT2D eigenvalue weighted by molar-refractivity contribution is 5.94. The molecule has 0 aliphatic carbocycles. The van der Waals surface area contributed by atoms with Crippen molar-refractivity contribution in [1.82, 2.24) is 0 Å². The number of hydrogen-bond donors (Lipinski definition) is 0. The average Bonchev–Trinajstić information content (AvgIpc) is 2.51. The van der Waals surface area contributed by atoms with E-state index < -0.39 is 12.1 Å². The van der Waals surface area contributed by atoms with Gasteiger partial charge in [0.25, 0.3) is 0 Å². The molecule has 0 spiro atoms. The van der Waals surface area contributed by atoms with Gasteiger partial charge in [-0.05, 0) is 44.4 Å². The lowest BCUT2D eigenvalue weighted by Crippen LogP contribution is -2.24. The molecule has 0 amide bonds. The summed E-state index contributed by atoms with van der Waals surface area (Å²) < 4.78 is 16.0. The number of carbonyl (C=O) groups excluding carboxylic acids is 2. The molecule has 0 radical (unpaired) electrons. The van der Waals surface area contributed by atoms with Gasteiger partial charge in [0.2, 0.25) is 0 Å². The summed E-state index contributed by atoms with van der Waals surface area (Å²) in [5.74, 6) is 0.627. The first kappa shape index (κ1) is 19.2. The second-order valence-electron chi connectivity index (χ2n) is 5.89. The van der Waals surface area contributed by atoms with Gasteiger partial charge in [-0.25, -0.2) is 4.79 Å². The maximum Gasteiger partial charge on any atom is 0.335 e. The van der Waals surface area contributed by atoms with Gasteiger partial charge in [-0.2, -0.15) is 0 Å². The highest BCUT2D eigenvalue weighted by Crippen LogP contribution is 2.21. The van der Waals surface area contributed by atoms with E-state index in [1.165, 1.54) is 14.0 Å². The lowest BCUT2D eigenvalue weighted by atomic mass is 10.1. The molecule has 1 aromatic carbocycles. The second-order valence-corrected chi connectivity index (χ2v) is 5.89. The van der Waals surface area contributed by atoms with E-state index in [0.717, 1.165) is 6.42 Å². The largest absolute Gasteiger partial charge is 0.496 e.